The van der Waals surface area contributed by atoms with Crippen LogP contribution in [0.2, 0.25) is 0 Å². The fourth-order valence-corrected chi connectivity index (χ4v) is 1.64. The Bertz CT molecular complexity index is 732. The van der Waals surface area contributed by atoms with Crippen LogP contribution in [0.3, 0.4) is 0 Å². The highest BCUT2D eigenvalue weighted by Crippen LogP contribution is 2.27. The second-order valence-electron chi connectivity index (χ2n) is 4.11. The lowest BCUT2D eigenvalue weighted by molar-refractivity contribution is -0.385. The van der Waals surface area contributed by atoms with Crippen molar-refractivity contribution in [2.24, 2.45) is 0 Å². The molecule has 0 spiro atoms. The fraction of sp³-hybridized carbons (Fsp3) is 0.0769. The molecule has 2 rings (SSSR count). The summed E-state index contributed by atoms with van der Waals surface area (Å²) in [7, 11) is 0. The summed E-state index contributed by atoms with van der Waals surface area (Å²) in [6.07, 6.45) is 0.990. The Hall–Kier alpha value is -3.03. The van der Waals surface area contributed by atoms with Gasteiger partial charge in [0, 0.05) is 17.7 Å². The summed E-state index contributed by atoms with van der Waals surface area (Å²) >= 11 is 0. The number of carbonyl (C=O) groups is 1. The SMILES string of the molecule is Cc1cc(Oc2cc(F)ccc2C(=O)O)ncc1[N+](=O)[O-]. The van der Waals surface area contributed by atoms with Gasteiger partial charge in [0.1, 0.15) is 23.3 Å². The zero-order valence-electron chi connectivity index (χ0n) is 10.7. The van der Waals surface area contributed by atoms with Crippen molar-refractivity contribution in [1.82, 2.24) is 4.98 Å². The third-order valence-corrected chi connectivity index (χ3v) is 2.64. The maximum atomic E-state index is 13.2. The van der Waals surface area contributed by atoms with Crippen LogP contribution in [0.4, 0.5) is 10.1 Å². The highest BCUT2D eigenvalue weighted by atomic mass is 19.1. The molecule has 0 fully saturated rings. The zero-order valence-corrected chi connectivity index (χ0v) is 10.7. The van der Waals surface area contributed by atoms with E-state index in [9.17, 15) is 19.3 Å². The van der Waals surface area contributed by atoms with E-state index in [0.717, 1.165) is 24.4 Å². The molecule has 1 aromatic heterocycles. The number of hydrogen-bond donors (Lipinski definition) is 1. The van der Waals surface area contributed by atoms with Gasteiger partial charge < -0.3 is 9.84 Å². The Kier molecular flexibility index (Phi) is 3.79. The Morgan fingerprint density at radius 1 is 1.43 bits per heavy atom. The van der Waals surface area contributed by atoms with Crippen LogP contribution in [0.1, 0.15) is 15.9 Å². The topological polar surface area (TPSA) is 103 Å². The van der Waals surface area contributed by atoms with Gasteiger partial charge in [-0.15, -0.1) is 0 Å². The normalized spacial score (nSPS) is 10.2. The average molecular weight is 292 g/mol. The summed E-state index contributed by atoms with van der Waals surface area (Å²) in [4.78, 5) is 24.8. The number of aromatic nitrogens is 1. The van der Waals surface area contributed by atoms with Crippen LogP contribution >= 0.6 is 0 Å². The predicted octanol–water partition coefficient (Wildman–Crippen LogP) is 2.93. The smallest absolute Gasteiger partial charge is 0.339 e. The minimum absolute atomic E-state index is 0.0637. The number of aryl methyl sites for hydroxylation is 1. The quantitative estimate of drug-likeness (QED) is 0.686. The number of pyridine rings is 1. The Morgan fingerprint density at radius 3 is 2.71 bits per heavy atom. The molecule has 0 radical (unpaired) electrons. The number of nitro groups is 1. The second-order valence-corrected chi connectivity index (χ2v) is 4.11. The van der Waals surface area contributed by atoms with Crippen molar-refractivity contribution in [2.75, 3.05) is 0 Å². The summed E-state index contributed by atoms with van der Waals surface area (Å²) in [5.74, 6) is -2.26. The molecule has 0 unspecified atom stereocenters. The van der Waals surface area contributed by atoms with Gasteiger partial charge in [-0.1, -0.05) is 0 Å². The highest BCUT2D eigenvalue weighted by Gasteiger charge is 2.16. The zero-order chi connectivity index (χ0) is 15.6. The number of hydrogen-bond acceptors (Lipinski definition) is 5. The molecule has 0 saturated carbocycles. The summed E-state index contributed by atoms with van der Waals surface area (Å²) in [6, 6.07) is 4.23. The van der Waals surface area contributed by atoms with E-state index in [1.807, 2.05) is 0 Å². The standard InChI is InChI=1S/C13H9FN2O5/c1-7-4-12(15-6-10(7)16(19)20)21-11-5-8(14)2-3-9(11)13(17)18/h2-6H,1H3,(H,17,18). The second kappa shape index (κ2) is 5.53. The molecule has 108 valence electrons. The van der Waals surface area contributed by atoms with E-state index < -0.39 is 16.7 Å². The molecule has 1 N–H and O–H groups in total. The Morgan fingerprint density at radius 2 is 2.14 bits per heavy atom. The van der Waals surface area contributed by atoms with Gasteiger partial charge in [0.2, 0.25) is 5.88 Å². The molecule has 0 saturated heterocycles. The molecule has 0 atom stereocenters. The van der Waals surface area contributed by atoms with E-state index in [0.29, 0.717) is 5.56 Å². The van der Waals surface area contributed by atoms with Gasteiger partial charge in [0.25, 0.3) is 5.69 Å². The van der Waals surface area contributed by atoms with E-state index in [-0.39, 0.29) is 22.9 Å². The molecular formula is C13H9FN2O5. The molecule has 0 aliphatic heterocycles. The van der Waals surface area contributed by atoms with E-state index in [1.54, 1.807) is 0 Å². The average Bonchev–Trinajstić information content (AvgIpc) is 2.37. The first-order valence-electron chi connectivity index (χ1n) is 5.70. The maximum Gasteiger partial charge on any atom is 0.339 e. The van der Waals surface area contributed by atoms with Gasteiger partial charge in [-0.3, -0.25) is 10.1 Å². The largest absolute Gasteiger partial charge is 0.478 e. The number of benzene rings is 1. The maximum absolute atomic E-state index is 13.2. The number of halogens is 1. The first kappa shape index (κ1) is 14.4. The number of carboxylic acid groups (broad SMARTS) is 1. The number of rotatable bonds is 4. The van der Waals surface area contributed by atoms with Crippen LogP contribution < -0.4 is 4.74 Å². The third-order valence-electron chi connectivity index (χ3n) is 2.64. The summed E-state index contributed by atoms with van der Waals surface area (Å²) in [5, 5.41) is 19.7. The molecule has 1 heterocycles. The molecule has 8 heteroatoms. The lowest BCUT2D eigenvalue weighted by atomic mass is 10.2. The molecule has 0 aliphatic rings. The Labute approximate surface area is 117 Å². The molecule has 2 aromatic rings. The minimum Gasteiger partial charge on any atom is -0.478 e. The molecular weight excluding hydrogens is 283 g/mol. The molecule has 1 aromatic carbocycles. The van der Waals surface area contributed by atoms with Gasteiger partial charge in [-0.05, 0) is 19.1 Å². The fourth-order valence-electron chi connectivity index (χ4n) is 1.64. The van der Waals surface area contributed by atoms with Crippen LogP contribution in [-0.2, 0) is 0 Å². The molecule has 0 amide bonds. The first-order chi connectivity index (χ1) is 9.88. The lowest BCUT2D eigenvalue weighted by Crippen LogP contribution is -2.02. The van der Waals surface area contributed by atoms with Crippen molar-refractivity contribution < 1.29 is 24.0 Å². The molecule has 0 bridgehead atoms. The van der Waals surface area contributed by atoms with Gasteiger partial charge in [-0.25, -0.2) is 14.2 Å². The lowest BCUT2D eigenvalue weighted by Gasteiger charge is -2.08. The first-order valence-corrected chi connectivity index (χ1v) is 5.70. The highest BCUT2D eigenvalue weighted by molar-refractivity contribution is 5.90. The number of ether oxygens (including phenoxy) is 1. The van der Waals surface area contributed by atoms with E-state index in [2.05, 4.69) is 4.98 Å². The predicted molar refractivity (Wildman–Crippen MR) is 69.1 cm³/mol. The van der Waals surface area contributed by atoms with Gasteiger partial charge in [0.05, 0.1) is 4.92 Å². The third kappa shape index (κ3) is 3.11. The van der Waals surface area contributed by atoms with Crippen molar-refractivity contribution in [3.63, 3.8) is 0 Å². The van der Waals surface area contributed by atoms with Crippen molar-refractivity contribution in [1.29, 1.82) is 0 Å². The minimum atomic E-state index is -1.29. The summed E-state index contributed by atoms with van der Waals surface area (Å²) in [5.41, 5.74) is -0.146. The van der Waals surface area contributed by atoms with E-state index in [4.69, 9.17) is 9.84 Å². The van der Waals surface area contributed by atoms with Gasteiger partial charge >= 0.3 is 5.97 Å². The summed E-state index contributed by atoms with van der Waals surface area (Å²) in [6.45, 7) is 1.48. The molecule has 0 aliphatic carbocycles. The monoisotopic (exact) mass is 292 g/mol. The van der Waals surface area contributed by atoms with Crippen molar-refractivity contribution in [3.05, 3.63) is 57.5 Å². The van der Waals surface area contributed by atoms with Crippen LogP contribution in [-0.4, -0.2) is 21.0 Å². The van der Waals surface area contributed by atoms with Gasteiger partial charge in [-0.2, -0.15) is 0 Å². The Balaban J connectivity index is 2.38. The van der Waals surface area contributed by atoms with E-state index in [1.165, 1.54) is 13.0 Å². The van der Waals surface area contributed by atoms with Crippen molar-refractivity contribution in [3.8, 4) is 11.6 Å². The molecule has 7 nitrogen and oxygen atoms in total. The molecule has 21 heavy (non-hydrogen) atoms. The van der Waals surface area contributed by atoms with Crippen LogP contribution in [0.25, 0.3) is 0 Å². The number of aromatic carboxylic acids is 1. The number of nitrogens with zero attached hydrogens (tertiary/aromatic N) is 2. The number of carboxylic acids is 1. The van der Waals surface area contributed by atoms with Gasteiger partial charge in [0.15, 0.2) is 0 Å². The van der Waals surface area contributed by atoms with Crippen molar-refractivity contribution in [2.45, 2.75) is 6.92 Å². The van der Waals surface area contributed by atoms with Crippen LogP contribution in [0.15, 0.2) is 30.5 Å². The van der Waals surface area contributed by atoms with Crippen molar-refractivity contribution >= 4 is 11.7 Å². The summed E-state index contributed by atoms with van der Waals surface area (Å²) < 4.78 is 18.4. The van der Waals surface area contributed by atoms with Crippen LogP contribution in [0, 0.1) is 22.9 Å². The van der Waals surface area contributed by atoms with E-state index >= 15 is 0 Å². The van der Waals surface area contributed by atoms with Crippen LogP contribution in [0.5, 0.6) is 11.6 Å².